The molecule has 3 rings (SSSR count). The van der Waals surface area contributed by atoms with Crippen molar-refractivity contribution >= 4 is 5.91 Å². The minimum Gasteiger partial charge on any atom is -0.385 e. The highest BCUT2D eigenvalue weighted by Crippen LogP contribution is 2.23. The maximum Gasteiger partial charge on any atom is 0.254 e. The second-order valence-electron chi connectivity index (χ2n) is 7.46. The summed E-state index contributed by atoms with van der Waals surface area (Å²) in [6.45, 7) is 5.10. The Morgan fingerprint density at radius 2 is 1.80 bits per heavy atom. The van der Waals surface area contributed by atoms with Crippen molar-refractivity contribution in [2.24, 2.45) is 0 Å². The van der Waals surface area contributed by atoms with Crippen molar-refractivity contribution < 1.29 is 9.53 Å². The summed E-state index contributed by atoms with van der Waals surface area (Å²) in [7, 11) is 1.74. The maximum absolute atomic E-state index is 13.0. The van der Waals surface area contributed by atoms with Crippen molar-refractivity contribution in [2.45, 2.75) is 57.5 Å². The summed E-state index contributed by atoms with van der Waals surface area (Å²) < 4.78 is 5.17. The van der Waals surface area contributed by atoms with E-state index in [1.807, 2.05) is 12.1 Å². The molecule has 25 heavy (non-hydrogen) atoms. The third kappa shape index (κ3) is 5.05. The highest BCUT2D eigenvalue weighted by molar-refractivity contribution is 5.94. The van der Waals surface area contributed by atoms with Gasteiger partial charge in [-0.15, -0.1) is 0 Å². The Hall–Kier alpha value is -1.39. The summed E-state index contributed by atoms with van der Waals surface area (Å²) in [6.07, 6.45) is 8.19. The van der Waals surface area contributed by atoms with Crippen LogP contribution >= 0.6 is 0 Å². The summed E-state index contributed by atoms with van der Waals surface area (Å²) in [5, 5.41) is 0. The first-order valence-electron chi connectivity index (χ1n) is 9.89. The van der Waals surface area contributed by atoms with Crippen molar-refractivity contribution in [3.63, 3.8) is 0 Å². The largest absolute Gasteiger partial charge is 0.385 e. The molecule has 1 aromatic rings. The molecule has 0 aliphatic carbocycles. The fourth-order valence-electron chi connectivity index (χ4n) is 4.15. The number of nitrogens with zero attached hydrogens (tertiary/aromatic N) is 2. The zero-order valence-corrected chi connectivity index (χ0v) is 15.6. The predicted molar refractivity (Wildman–Crippen MR) is 101 cm³/mol. The van der Waals surface area contributed by atoms with E-state index >= 15 is 0 Å². The molecule has 2 aliphatic rings. The van der Waals surface area contributed by atoms with Crippen molar-refractivity contribution in [3.8, 4) is 0 Å². The summed E-state index contributed by atoms with van der Waals surface area (Å²) >= 11 is 0. The van der Waals surface area contributed by atoms with Crippen LogP contribution in [-0.2, 0) is 11.3 Å². The Morgan fingerprint density at radius 3 is 2.52 bits per heavy atom. The standard InChI is InChI=1S/C21H32N2O2/c1-25-16-6-8-20-7-2-3-15-23(20)21(24)19-11-9-18(10-12-19)17-22-13-4-5-14-22/h9-12,20H,2-8,13-17H2,1H3/t20-/m0/s1. The zero-order chi connectivity index (χ0) is 17.5. The molecule has 1 atom stereocenters. The first kappa shape index (κ1) is 18.4. The molecule has 138 valence electrons. The van der Waals surface area contributed by atoms with Crippen LogP contribution in [0.1, 0.15) is 60.9 Å². The van der Waals surface area contributed by atoms with Crippen LogP contribution in [0.25, 0.3) is 0 Å². The first-order chi connectivity index (χ1) is 12.3. The van der Waals surface area contributed by atoms with Gasteiger partial charge in [0.2, 0.25) is 0 Å². The minimum atomic E-state index is 0.204. The first-order valence-corrected chi connectivity index (χ1v) is 9.89. The molecule has 0 aromatic heterocycles. The molecule has 2 saturated heterocycles. The fraction of sp³-hybridized carbons (Fsp3) is 0.667. The number of carbonyl (C=O) groups is 1. The average molecular weight is 344 g/mol. The number of piperidine rings is 1. The molecule has 4 nitrogen and oxygen atoms in total. The van der Waals surface area contributed by atoms with Crippen LogP contribution in [0.4, 0.5) is 0 Å². The van der Waals surface area contributed by atoms with Crippen molar-refractivity contribution in [2.75, 3.05) is 33.4 Å². The maximum atomic E-state index is 13.0. The van der Waals surface area contributed by atoms with Gasteiger partial charge in [-0.05, 0) is 75.7 Å². The molecule has 1 aromatic carbocycles. The highest BCUT2D eigenvalue weighted by Gasteiger charge is 2.27. The van der Waals surface area contributed by atoms with E-state index < -0.39 is 0 Å². The number of hydrogen-bond donors (Lipinski definition) is 0. The van der Waals surface area contributed by atoms with Gasteiger partial charge in [0, 0.05) is 38.4 Å². The van der Waals surface area contributed by atoms with Crippen molar-refractivity contribution in [3.05, 3.63) is 35.4 Å². The Kier molecular flexibility index (Phi) is 6.88. The van der Waals surface area contributed by atoms with E-state index in [0.29, 0.717) is 6.04 Å². The molecule has 0 unspecified atom stereocenters. The van der Waals surface area contributed by atoms with Crippen LogP contribution in [0, 0.1) is 0 Å². The third-order valence-electron chi connectivity index (χ3n) is 5.58. The molecule has 2 aliphatic heterocycles. The molecule has 0 bridgehead atoms. The second-order valence-corrected chi connectivity index (χ2v) is 7.46. The molecular formula is C21H32N2O2. The Bertz CT molecular complexity index is 537. The lowest BCUT2D eigenvalue weighted by atomic mass is 9.97. The Morgan fingerprint density at radius 1 is 1.08 bits per heavy atom. The van der Waals surface area contributed by atoms with Gasteiger partial charge in [-0.25, -0.2) is 0 Å². The lowest BCUT2D eigenvalue weighted by Crippen LogP contribution is -2.43. The smallest absolute Gasteiger partial charge is 0.254 e. The van der Waals surface area contributed by atoms with Gasteiger partial charge in [0.15, 0.2) is 0 Å². The van der Waals surface area contributed by atoms with E-state index in [0.717, 1.165) is 50.9 Å². The van der Waals surface area contributed by atoms with Crippen molar-refractivity contribution in [1.82, 2.24) is 9.80 Å². The number of amides is 1. The van der Waals surface area contributed by atoms with Gasteiger partial charge in [-0.3, -0.25) is 9.69 Å². The van der Waals surface area contributed by atoms with Crippen LogP contribution in [-0.4, -0.2) is 55.1 Å². The molecule has 4 heteroatoms. The van der Waals surface area contributed by atoms with E-state index in [2.05, 4.69) is 21.9 Å². The molecule has 0 saturated carbocycles. The number of hydrogen-bond acceptors (Lipinski definition) is 3. The quantitative estimate of drug-likeness (QED) is 0.707. The predicted octanol–water partition coefficient (Wildman–Crippen LogP) is 3.70. The fourth-order valence-corrected chi connectivity index (χ4v) is 4.15. The van der Waals surface area contributed by atoms with Gasteiger partial charge in [-0.1, -0.05) is 12.1 Å². The van der Waals surface area contributed by atoms with Gasteiger partial charge in [-0.2, -0.15) is 0 Å². The van der Waals surface area contributed by atoms with E-state index in [1.165, 1.54) is 37.9 Å². The number of benzene rings is 1. The van der Waals surface area contributed by atoms with Gasteiger partial charge in [0.05, 0.1) is 0 Å². The van der Waals surface area contributed by atoms with Gasteiger partial charge in [0.25, 0.3) is 5.91 Å². The number of likely N-dealkylation sites (tertiary alicyclic amines) is 2. The molecule has 2 fully saturated rings. The van der Waals surface area contributed by atoms with E-state index in [1.54, 1.807) is 7.11 Å². The van der Waals surface area contributed by atoms with Gasteiger partial charge >= 0.3 is 0 Å². The number of methoxy groups -OCH3 is 1. The van der Waals surface area contributed by atoms with Crippen LogP contribution in [0.15, 0.2) is 24.3 Å². The van der Waals surface area contributed by atoms with E-state index in [-0.39, 0.29) is 5.91 Å². The molecule has 0 spiro atoms. The lowest BCUT2D eigenvalue weighted by molar-refractivity contribution is 0.0585. The van der Waals surface area contributed by atoms with Crippen LogP contribution in [0.2, 0.25) is 0 Å². The normalized spacial score (nSPS) is 21.6. The summed E-state index contributed by atoms with van der Waals surface area (Å²) in [5.74, 6) is 0.204. The van der Waals surface area contributed by atoms with Gasteiger partial charge < -0.3 is 9.64 Å². The number of carbonyl (C=O) groups excluding carboxylic acids is 1. The average Bonchev–Trinajstić information content (AvgIpc) is 3.15. The van der Waals surface area contributed by atoms with Crippen LogP contribution in [0.5, 0.6) is 0 Å². The summed E-state index contributed by atoms with van der Waals surface area (Å²) in [6, 6.07) is 8.69. The van der Waals surface area contributed by atoms with Crippen LogP contribution in [0.3, 0.4) is 0 Å². The third-order valence-corrected chi connectivity index (χ3v) is 5.58. The molecule has 1 amide bonds. The number of ether oxygens (including phenoxy) is 1. The van der Waals surface area contributed by atoms with E-state index in [4.69, 9.17) is 4.74 Å². The number of rotatable bonds is 7. The molecule has 0 N–H and O–H groups in total. The monoisotopic (exact) mass is 344 g/mol. The lowest BCUT2D eigenvalue weighted by Gasteiger charge is -2.36. The minimum absolute atomic E-state index is 0.204. The second kappa shape index (κ2) is 9.35. The van der Waals surface area contributed by atoms with E-state index in [9.17, 15) is 4.79 Å². The highest BCUT2D eigenvalue weighted by atomic mass is 16.5. The zero-order valence-electron chi connectivity index (χ0n) is 15.6. The SMILES string of the molecule is COCCC[C@@H]1CCCCN1C(=O)c1ccc(CN2CCCC2)cc1. The van der Waals surface area contributed by atoms with Crippen molar-refractivity contribution in [1.29, 1.82) is 0 Å². The summed E-state index contributed by atoms with van der Waals surface area (Å²) in [4.78, 5) is 17.6. The van der Waals surface area contributed by atoms with Crippen LogP contribution < -0.4 is 0 Å². The molecule has 2 heterocycles. The molecule has 0 radical (unpaired) electrons. The Balaban J connectivity index is 1.59. The topological polar surface area (TPSA) is 32.8 Å². The molecular weight excluding hydrogens is 312 g/mol. The van der Waals surface area contributed by atoms with Gasteiger partial charge in [0.1, 0.15) is 0 Å². The Labute approximate surface area is 152 Å². The summed E-state index contributed by atoms with van der Waals surface area (Å²) in [5.41, 5.74) is 2.15.